The van der Waals surface area contributed by atoms with Gasteiger partial charge in [-0.25, -0.2) is 0 Å². The molecule has 0 bridgehead atoms. The number of alkyl halides is 3. The van der Waals surface area contributed by atoms with Gasteiger partial charge >= 0.3 is 6.18 Å². The van der Waals surface area contributed by atoms with Gasteiger partial charge in [-0.15, -0.1) is 10.2 Å². The second-order valence-electron chi connectivity index (χ2n) is 8.27. The first kappa shape index (κ1) is 19.5. The Kier molecular flexibility index (Phi) is 4.46. The lowest BCUT2D eigenvalue weighted by molar-refractivity contribution is -0.138. The Balaban J connectivity index is 1.33. The van der Waals surface area contributed by atoms with E-state index >= 15 is 0 Å². The third kappa shape index (κ3) is 3.32. The van der Waals surface area contributed by atoms with Crippen molar-refractivity contribution < 1.29 is 18.0 Å². The first-order valence-corrected chi connectivity index (χ1v) is 10.1. The predicted molar refractivity (Wildman–Crippen MR) is 104 cm³/mol. The Morgan fingerprint density at radius 1 is 1.06 bits per heavy atom. The number of hydrogen-bond acceptors (Lipinski definition) is 4. The molecule has 2 atom stereocenters. The molecule has 9 heteroatoms. The smallest absolute Gasteiger partial charge is 0.335 e. The number of nitriles is 1. The molecule has 2 unspecified atom stereocenters. The molecule has 1 amide bonds. The van der Waals surface area contributed by atoms with Gasteiger partial charge in [-0.1, -0.05) is 18.2 Å². The summed E-state index contributed by atoms with van der Waals surface area (Å²) in [7, 11) is 0. The molecule has 1 aliphatic heterocycles. The first-order chi connectivity index (χ1) is 14.8. The van der Waals surface area contributed by atoms with Crippen LogP contribution >= 0.6 is 0 Å². The maximum atomic E-state index is 13.4. The van der Waals surface area contributed by atoms with E-state index < -0.39 is 11.7 Å². The van der Waals surface area contributed by atoms with E-state index in [0.29, 0.717) is 42.7 Å². The first-order valence-electron chi connectivity index (χ1n) is 10.1. The standard InChI is InChI=1S/C22H18F3N5O/c23-22(24,25)18-4-2-1-3-17(18)14-7-15-11-29(12-16(15)8-14)21(31)20-28-27-19-6-5-13(9-26)10-30(19)20/h1-6,10,14-16H,7-8,11-12H2. The minimum absolute atomic E-state index is 0.144. The summed E-state index contributed by atoms with van der Waals surface area (Å²) in [4.78, 5) is 14.8. The molecular formula is C22H18F3N5O. The minimum Gasteiger partial charge on any atom is -0.335 e. The van der Waals surface area contributed by atoms with Crippen LogP contribution < -0.4 is 0 Å². The lowest BCUT2D eigenvalue weighted by Gasteiger charge is -2.21. The number of rotatable bonds is 2. The zero-order valence-electron chi connectivity index (χ0n) is 16.4. The maximum absolute atomic E-state index is 13.4. The molecule has 3 heterocycles. The van der Waals surface area contributed by atoms with Crippen molar-refractivity contribution in [1.29, 1.82) is 5.26 Å². The van der Waals surface area contributed by atoms with E-state index in [2.05, 4.69) is 10.2 Å². The molecule has 1 aromatic carbocycles. The van der Waals surface area contributed by atoms with Crippen molar-refractivity contribution in [1.82, 2.24) is 19.5 Å². The molecule has 2 aromatic heterocycles. The fourth-order valence-corrected chi connectivity index (χ4v) is 5.08. The second-order valence-corrected chi connectivity index (χ2v) is 8.27. The van der Waals surface area contributed by atoms with Crippen LogP contribution in [0.4, 0.5) is 13.2 Å². The molecule has 5 rings (SSSR count). The maximum Gasteiger partial charge on any atom is 0.416 e. The highest BCUT2D eigenvalue weighted by Crippen LogP contribution is 2.49. The highest BCUT2D eigenvalue weighted by atomic mass is 19.4. The van der Waals surface area contributed by atoms with Crippen molar-refractivity contribution in [2.75, 3.05) is 13.1 Å². The molecule has 0 N–H and O–H groups in total. The van der Waals surface area contributed by atoms with Crippen LogP contribution in [0.5, 0.6) is 0 Å². The van der Waals surface area contributed by atoms with Gasteiger partial charge in [0.15, 0.2) is 5.65 Å². The molecule has 1 saturated carbocycles. The number of halogens is 3. The van der Waals surface area contributed by atoms with Crippen LogP contribution in [0.15, 0.2) is 42.6 Å². The molecule has 6 nitrogen and oxygen atoms in total. The summed E-state index contributed by atoms with van der Waals surface area (Å²) in [5.41, 5.74) is 0.669. The fourth-order valence-electron chi connectivity index (χ4n) is 5.08. The topological polar surface area (TPSA) is 74.3 Å². The summed E-state index contributed by atoms with van der Waals surface area (Å²) >= 11 is 0. The van der Waals surface area contributed by atoms with Gasteiger partial charge in [-0.2, -0.15) is 18.4 Å². The second kappa shape index (κ2) is 7.08. The average molecular weight is 425 g/mol. The van der Waals surface area contributed by atoms with Gasteiger partial charge in [-0.3, -0.25) is 9.20 Å². The number of pyridine rings is 1. The molecule has 158 valence electrons. The van der Waals surface area contributed by atoms with Crippen molar-refractivity contribution in [2.45, 2.75) is 24.9 Å². The van der Waals surface area contributed by atoms with Crippen molar-refractivity contribution in [3.63, 3.8) is 0 Å². The Hall–Kier alpha value is -3.41. The van der Waals surface area contributed by atoms with Gasteiger partial charge in [0.1, 0.15) is 6.07 Å². The number of likely N-dealkylation sites (tertiary alicyclic amines) is 1. The summed E-state index contributed by atoms with van der Waals surface area (Å²) < 4.78 is 41.7. The van der Waals surface area contributed by atoms with Crippen molar-refractivity contribution in [3.8, 4) is 6.07 Å². The number of nitrogens with zero attached hydrogens (tertiary/aromatic N) is 5. The molecule has 2 fully saturated rings. The molecule has 3 aromatic rings. The van der Waals surface area contributed by atoms with Crippen LogP contribution in [0.2, 0.25) is 0 Å². The van der Waals surface area contributed by atoms with Gasteiger partial charge in [0, 0.05) is 19.3 Å². The number of carbonyl (C=O) groups excluding carboxylic acids is 1. The van der Waals surface area contributed by atoms with E-state index in [-0.39, 0.29) is 29.5 Å². The van der Waals surface area contributed by atoms with E-state index in [1.165, 1.54) is 16.7 Å². The van der Waals surface area contributed by atoms with Gasteiger partial charge in [0.05, 0.1) is 11.1 Å². The quantitative estimate of drug-likeness (QED) is 0.625. The van der Waals surface area contributed by atoms with Crippen LogP contribution in [-0.4, -0.2) is 38.5 Å². The molecule has 1 aliphatic carbocycles. The minimum atomic E-state index is -4.37. The van der Waals surface area contributed by atoms with Gasteiger partial charge in [0.2, 0.25) is 5.82 Å². The van der Waals surface area contributed by atoms with Crippen LogP contribution in [0.1, 0.15) is 46.1 Å². The summed E-state index contributed by atoms with van der Waals surface area (Å²) in [6, 6.07) is 11.1. The molecule has 2 aliphatic rings. The number of aromatic nitrogens is 3. The summed E-state index contributed by atoms with van der Waals surface area (Å²) in [6.07, 6.45) is -1.59. The average Bonchev–Trinajstić information content (AvgIpc) is 3.45. The largest absolute Gasteiger partial charge is 0.416 e. The summed E-state index contributed by atoms with van der Waals surface area (Å²) in [5, 5.41) is 17.1. The fraction of sp³-hybridized carbons (Fsp3) is 0.364. The normalized spacial score (nSPS) is 23.2. The lowest BCUT2D eigenvalue weighted by Crippen LogP contribution is -2.31. The number of benzene rings is 1. The van der Waals surface area contributed by atoms with Crippen LogP contribution in [-0.2, 0) is 6.18 Å². The monoisotopic (exact) mass is 425 g/mol. The molecule has 0 radical (unpaired) electrons. The zero-order valence-corrected chi connectivity index (χ0v) is 16.4. The number of amides is 1. The number of carbonyl (C=O) groups is 1. The van der Waals surface area contributed by atoms with Crippen LogP contribution in [0.25, 0.3) is 5.65 Å². The zero-order chi connectivity index (χ0) is 21.8. The summed E-state index contributed by atoms with van der Waals surface area (Å²) in [6.45, 7) is 0.974. The highest BCUT2D eigenvalue weighted by molar-refractivity contribution is 5.91. The van der Waals surface area contributed by atoms with Gasteiger partial charge in [0.25, 0.3) is 5.91 Å². The predicted octanol–water partition coefficient (Wildman–Crippen LogP) is 3.89. The van der Waals surface area contributed by atoms with E-state index in [0.717, 1.165) is 6.07 Å². The van der Waals surface area contributed by atoms with Crippen molar-refractivity contribution in [2.24, 2.45) is 11.8 Å². The van der Waals surface area contributed by atoms with Crippen molar-refractivity contribution in [3.05, 3.63) is 65.1 Å². The molecule has 31 heavy (non-hydrogen) atoms. The molecule has 1 saturated heterocycles. The Labute approximate surface area is 175 Å². The van der Waals surface area contributed by atoms with E-state index in [4.69, 9.17) is 5.26 Å². The Morgan fingerprint density at radius 2 is 1.77 bits per heavy atom. The van der Waals surface area contributed by atoms with E-state index in [1.807, 2.05) is 6.07 Å². The van der Waals surface area contributed by atoms with Crippen molar-refractivity contribution >= 4 is 11.6 Å². The number of hydrogen-bond donors (Lipinski definition) is 0. The third-order valence-corrected chi connectivity index (χ3v) is 6.47. The van der Waals surface area contributed by atoms with Gasteiger partial charge < -0.3 is 4.90 Å². The van der Waals surface area contributed by atoms with E-state index in [9.17, 15) is 18.0 Å². The number of fused-ring (bicyclic) bond motifs is 2. The highest BCUT2D eigenvalue weighted by Gasteiger charge is 2.45. The Bertz CT molecular complexity index is 1200. The van der Waals surface area contributed by atoms with E-state index in [1.54, 1.807) is 29.2 Å². The third-order valence-electron chi connectivity index (χ3n) is 6.47. The van der Waals surface area contributed by atoms with Gasteiger partial charge in [-0.05, 0) is 54.4 Å². The SMILES string of the molecule is N#Cc1ccc2nnc(C(=O)N3CC4CC(c5ccccc5C(F)(F)F)CC4C3)n2c1. The summed E-state index contributed by atoms with van der Waals surface area (Å²) in [5.74, 6) is 0.0284. The lowest BCUT2D eigenvalue weighted by atomic mass is 9.91. The molecule has 0 spiro atoms. The van der Waals surface area contributed by atoms with Crippen LogP contribution in [0, 0.1) is 23.2 Å². The Morgan fingerprint density at radius 3 is 2.45 bits per heavy atom. The van der Waals surface area contributed by atoms with Crippen LogP contribution in [0.3, 0.4) is 0 Å². The molecular weight excluding hydrogens is 407 g/mol.